The van der Waals surface area contributed by atoms with E-state index in [1.165, 1.54) is 13.2 Å². The Morgan fingerprint density at radius 2 is 1.56 bits per heavy atom. The highest BCUT2D eigenvalue weighted by Crippen LogP contribution is 2.30. The van der Waals surface area contributed by atoms with Crippen LogP contribution in [-0.4, -0.2) is 47.1 Å². The van der Waals surface area contributed by atoms with Crippen LogP contribution in [0.1, 0.15) is 11.1 Å². The molecule has 0 saturated heterocycles. The molecule has 0 aliphatic heterocycles. The van der Waals surface area contributed by atoms with Gasteiger partial charge in [0.25, 0.3) is 0 Å². The molecule has 0 fully saturated rings. The van der Waals surface area contributed by atoms with Gasteiger partial charge in [0.05, 0.1) is 21.3 Å². The molecule has 2 aromatic carbocycles. The van der Waals surface area contributed by atoms with Crippen LogP contribution in [0, 0.1) is 0 Å². The molecule has 0 aromatic heterocycles. The van der Waals surface area contributed by atoms with Crippen LogP contribution in [0.25, 0.3) is 0 Å². The van der Waals surface area contributed by atoms with Gasteiger partial charge in [-0.15, -0.1) is 24.0 Å². The third-order valence-corrected chi connectivity index (χ3v) is 4.24. The number of ether oxygens (including phenoxy) is 4. The zero-order valence-corrected chi connectivity index (χ0v) is 20.5. The van der Waals surface area contributed by atoms with Crippen LogP contribution >= 0.6 is 24.0 Å². The number of halogens is 4. The maximum absolute atomic E-state index is 12.4. The smallest absolute Gasteiger partial charge is 0.422 e. The first-order valence-corrected chi connectivity index (χ1v) is 9.31. The fraction of sp³-hybridized carbons (Fsp3) is 0.381. The molecule has 0 atom stereocenters. The minimum Gasteiger partial charge on any atom is -0.497 e. The minimum atomic E-state index is -4.42. The van der Waals surface area contributed by atoms with Gasteiger partial charge in [-0.2, -0.15) is 13.2 Å². The first-order valence-electron chi connectivity index (χ1n) is 9.31. The van der Waals surface area contributed by atoms with Crippen LogP contribution in [0.4, 0.5) is 13.2 Å². The molecule has 0 aliphatic rings. The molecule has 7 nitrogen and oxygen atoms in total. The van der Waals surface area contributed by atoms with Crippen molar-refractivity contribution in [2.24, 2.45) is 4.99 Å². The lowest BCUT2D eigenvalue weighted by atomic mass is 10.2. The number of rotatable bonds is 9. The average molecular weight is 569 g/mol. The topological polar surface area (TPSA) is 73.3 Å². The van der Waals surface area contributed by atoms with Gasteiger partial charge in [0.15, 0.2) is 24.1 Å². The van der Waals surface area contributed by atoms with Gasteiger partial charge in [0, 0.05) is 31.8 Å². The molecule has 178 valence electrons. The quantitative estimate of drug-likeness (QED) is 0.269. The number of aliphatic imine (C=N–C) groups is 1. The number of alkyl halides is 3. The van der Waals surface area contributed by atoms with Gasteiger partial charge in [-0.25, -0.2) is 0 Å². The Bertz CT molecular complexity index is 895. The number of guanidine groups is 1. The Morgan fingerprint density at radius 1 is 0.875 bits per heavy atom. The SMILES string of the molecule is CN=C(NCc1ccc(OCC(F)(F)F)c(OC)c1)NCc1ccc(OC)cc1OC.I. The Kier molecular flexibility index (Phi) is 11.2. The van der Waals surface area contributed by atoms with Crippen molar-refractivity contribution in [1.82, 2.24) is 10.6 Å². The summed E-state index contributed by atoms with van der Waals surface area (Å²) in [5.41, 5.74) is 1.69. The standard InChI is InChI=1S/C21H26F3N3O4.HI/c1-25-20(27-12-15-6-7-16(28-2)10-18(15)29-3)26-11-14-5-8-17(19(9-14)30-4)31-13-21(22,23)24;/h5-10H,11-13H2,1-4H3,(H2,25,26,27);1H. The van der Waals surface area contributed by atoms with Gasteiger partial charge in [0.2, 0.25) is 0 Å². The molecule has 0 saturated carbocycles. The summed E-state index contributed by atoms with van der Waals surface area (Å²) in [6.07, 6.45) is -4.42. The number of methoxy groups -OCH3 is 3. The molecular weight excluding hydrogens is 542 g/mol. The zero-order valence-electron chi connectivity index (χ0n) is 18.2. The second-order valence-electron chi connectivity index (χ2n) is 6.35. The molecule has 2 aromatic rings. The summed E-state index contributed by atoms with van der Waals surface area (Å²) >= 11 is 0. The zero-order chi connectivity index (χ0) is 22.9. The molecule has 0 bridgehead atoms. The predicted octanol–water partition coefficient (Wildman–Crippen LogP) is 4.14. The molecule has 2 N–H and O–H groups in total. The second kappa shape index (κ2) is 13.1. The fourth-order valence-corrected chi connectivity index (χ4v) is 2.68. The van der Waals surface area contributed by atoms with E-state index >= 15 is 0 Å². The Balaban J connectivity index is 0.00000512. The number of nitrogens with one attached hydrogen (secondary N) is 2. The number of hydrogen-bond acceptors (Lipinski definition) is 5. The van der Waals surface area contributed by atoms with Crippen molar-refractivity contribution in [1.29, 1.82) is 0 Å². The van der Waals surface area contributed by atoms with Crippen LogP contribution in [-0.2, 0) is 13.1 Å². The lowest BCUT2D eigenvalue weighted by Gasteiger charge is -2.16. The lowest BCUT2D eigenvalue weighted by molar-refractivity contribution is -0.153. The van der Waals surface area contributed by atoms with Gasteiger partial charge in [-0.3, -0.25) is 4.99 Å². The maximum atomic E-state index is 12.4. The molecular formula is C21H27F3IN3O4. The highest BCUT2D eigenvalue weighted by Gasteiger charge is 2.29. The van der Waals surface area contributed by atoms with E-state index in [1.54, 1.807) is 39.5 Å². The van der Waals surface area contributed by atoms with Gasteiger partial charge in [0.1, 0.15) is 11.5 Å². The minimum absolute atomic E-state index is 0. The normalized spacial score (nSPS) is 11.3. The van der Waals surface area contributed by atoms with E-state index in [-0.39, 0.29) is 35.5 Å². The van der Waals surface area contributed by atoms with Gasteiger partial charge in [-0.1, -0.05) is 6.07 Å². The van der Waals surface area contributed by atoms with E-state index in [1.807, 2.05) is 12.1 Å². The number of nitrogens with zero attached hydrogens (tertiary/aromatic N) is 1. The van der Waals surface area contributed by atoms with Crippen molar-refractivity contribution < 1.29 is 32.1 Å². The first kappa shape index (κ1) is 27.5. The van der Waals surface area contributed by atoms with Gasteiger partial charge >= 0.3 is 6.18 Å². The summed E-state index contributed by atoms with van der Waals surface area (Å²) in [4.78, 5) is 4.17. The summed E-state index contributed by atoms with van der Waals surface area (Å²) < 4.78 is 57.6. The molecule has 0 aliphatic carbocycles. The highest BCUT2D eigenvalue weighted by atomic mass is 127. The van der Waals surface area contributed by atoms with E-state index in [0.717, 1.165) is 11.1 Å². The third kappa shape index (κ3) is 8.52. The van der Waals surface area contributed by atoms with Crippen LogP contribution in [0.3, 0.4) is 0 Å². The maximum Gasteiger partial charge on any atom is 0.422 e. The lowest BCUT2D eigenvalue weighted by Crippen LogP contribution is -2.36. The Hall–Kier alpha value is -2.57. The van der Waals surface area contributed by atoms with Crippen molar-refractivity contribution >= 4 is 29.9 Å². The largest absolute Gasteiger partial charge is 0.497 e. The summed E-state index contributed by atoms with van der Waals surface area (Å²) in [5, 5.41) is 6.32. The van der Waals surface area contributed by atoms with Gasteiger partial charge in [-0.05, 0) is 29.8 Å². The van der Waals surface area contributed by atoms with Crippen molar-refractivity contribution in [2.45, 2.75) is 19.3 Å². The van der Waals surface area contributed by atoms with Crippen molar-refractivity contribution in [3.05, 3.63) is 47.5 Å². The van der Waals surface area contributed by atoms with Crippen molar-refractivity contribution in [3.63, 3.8) is 0 Å². The molecule has 0 radical (unpaired) electrons. The second-order valence-corrected chi connectivity index (χ2v) is 6.35. The summed E-state index contributed by atoms with van der Waals surface area (Å²) in [6, 6.07) is 10.2. The molecule has 2 rings (SSSR count). The van der Waals surface area contributed by atoms with E-state index in [2.05, 4.69) is 15.6 Å². The molecule has 11 heteroatoms. The fourth-order valence-electron chi connectivity index (χ4n) is 2.68. The predicted molar refractivity (Wildman–Crippen MR) is 127 cm³/mol. The Morgan fingerprint density at radius 3 is 2.16 bits per heavy atom. The van der Waals surface area contributed by atoms with Gasteiger partial charge < -0.3 is 29.6 Å². The van der Waals surface area contributed by atoms with Crippen LogP contribution < -0.4 is 29.6 Å². The highest BCUT2D eigenvalue weighted by molar-refractivity contribution is 14.0. The summed E-state index contributed by atoms with van der Waals surface area (Å²) in [6.45, 7) is -0.554. The summed E-state index contributed by atoms with van der Waals surface area (Å²) in [5.74, 6) is 2.16. The van der Waals surface area contributed by atoms with E-state index in [9.17, 15) is 13.2 Å². The summed E-state index contributed by atoms with van der Waals surface area (Å²) in [7, 11) is 6.17. The molecule has 0 unspecified atom stereocenters. The average Bonchev–Trinajstić information content (AvgIpc) is 2.77. The van der Waals surface area contributed by atoms with Crippen molar-refractivity contribution in [3.8, 4) is 23.0 Å². The molecule has 0 spiro atoms. The number of benzene rings is 2. The van der Waals surface area contributed by atoms with E-state index in [4.69, 9.17) is 18.9 Å². The third-order valence-electron chi connectivity index (χ3n) is 4.24. The Labute approximate surface area is 202 Å². The van der Waals surface area contributed by atoms with E-state index < -0.39 is 12.8 Å². The molecule has 0 heterocycles. The van der Waals surface area contributed by atoms with Crippen LogP contribution in [0.5, 0.6) is 23.0 Å². The number of hydrogen-bond donors (Lipinski definition) is 2. The first-order chi connectivity index (χ1) is 14.8. The van der Waals surface area contributed by atoms with Crippen molar-refractivity contribution in [2.75, 3.05) is 35.0 Å². The molecule has 0 amide bonds. The van der Waals surface area contributed by atoms with Crippen LogP contribution in [0.15, 0.2) is 41.4 Å². The van der Waals surface area contributed by atoms with Crippen LogP contribution in [0.2, 0.25) is 0 Å². The van der Waals surface area contributed by atoms with E-state index in [0.29, 0.717) is 30.5 Å². The monoisotopic (exact) mass is 569 g/mol. The molecule has 32 heavy (non-hydrogen) atoms.